The van der Waals surface area contributed by atoms with E-state index in [0.29, 0.717) is 5.82 Å². The molecule has 1 saturated carbocycles. The van der Waals surface area contributed by atoms with E-state index in [9.17, 15) is 4.79 Å². The number of aromatic nitrogens is 2. The first-order valence-electron chi connectivity index (χ1n) is 9.99. The fraction of sp³-hybridized carbons (Fsp3) is 0.545. The summed E-state index contributed by atoms with van der Waals surface area (Å²) in [5, 5.41) is 6.91. The van der Waals surface area contributed by atoms with Crippen LogP contribution in [-0.4, -0.2) is 15.9 Å². The van der Waals surface area contributed by atoms with Crippen LogP contribution in [0.4, 0.5) is 10.6 Å². The molecule has 0 aliphatic heterocycles. The Balaban J connectivity index is 0.000000441. The van der Waals surface area contributed by atoms with Crippen molar-refractivity contribution in [3.8, 4) is 0 Å². The van der Waals surface area contributed by atoms with Crippen LogP contribution in [0.25, 0.3) is 0 Å². The molecule has 0 saturated heterocycles. The summed E-state index contributed by atoms with van der Waals surface area (Å²) >= 11 is 0. The number of amides is 1. The van der Waals surface area contributed by atoms with E-state index in [4.69, 9.17) is 4.74 Å². The van der Waals surface area contributed by atoms with Crippen molar-refractivity contribution in [3.63, 3.8) is 0 Å². The summed E-state index contributed by atoms with van der Waals surface area (Å²) in [7, 11) is 0. The standard InChI is InChI=1S/C15H19N3O2.C5H10.C2H6/c1-15(2,3)18-13(9-10-16-18)17-14(19)20-11-12-7-5-4-6-8-12;1-2-4-5-3-1;1-2/h4-10H,11H2,1-3H3,(H,17,19);1-5H2;1-2H3. The Bertz CT molecular complexity index is 633. The zero-order valence-corrected chi connectivity index (χ0v) is 17.5. The van der Waals surface area contributed by atoms with Crippen LogP contribution < -0.4 is 5.32 Å². The zero-order valence-electron chi connectivity index (χ0n) is 17.5. The number of rotatable bonds is 3. The van der Waals surface area contributed by atoms with E-state index in [-0.39, 0.29) is 12.1 Å². The third kappa shape index (κ3) is 8.76. The molecular formula is C22H35N3O2. The van der Waals surface area contributed by atoms with Gasteiger partial charge in [-0.2, -0.15) is 5.10 Å². The lowest BCUT2D eigenvalue weighted by molar-refractivity contribution is 0.154. The molecule has 3 rings (SSSR count). The molecule has 1 N–H and O–H groups in total. The average Bonchev–Trinajstić information content (AvgIpc) is 3.37. The molecule has 27 heavy (non-hydrogen) atoms. The Morgan fingerprint density at radius 3 is 2.11 bits per heavy atom. The Morgan fingerprint density at radius 1 is 1.04 bits per heavy atom. The van der Waals surface area contributed by atoms with E-state index in [1.54, 1.807) is 16.9 Å². The van der Waals surface area contributed by atoms with Gasteiger partial charge in [-0.15, -0.1) is 0 Å². The fourth-order valence-electron chi connectivity index (χ4n) is 2.68. The minimum Gasteiger partial charge on any atom is -0.444 e. The maximum atomic E-state index is 11.8. The van der Waals surface area contributed by atoms with Gasteiger partial charge in [-0.3, -0.25) is 5.32 Å². The second kappa shape index (κ2) is 12.2. The molecule has 0 radical (unpaired) electrons. The second-order valence-electron chi connectivity index (χ2n) is 7.25. The number of hydrogen-bond acceptors (Lipinski definition) is 3. The highest BCUT2D eigenvalue weighted by Crippen LogP contribution is 2.19. The quantitative estimate of drug-likeness (QED) is 0.680. The van der Waals surface area contributed by atoms with E-state index in [1.165, 1.54) is 32.1 Å². The van der Waals surface area contributed by atoms with Crippen molar-refractivity contribution in [1.29, 1.82) is 0 Å². The number of ether oxygens (including phenoxy) is 1. The van der Waals surface area contributed by atoms with Crippen LogP contribution in [0, 0.1) is 0 Å². The molecule has 0 spiro atoms. The van der Waals surface area contributed by atoms with Crippen LogP contribution >= 0.6 is 0 Å². The van der Waals surface area contributed by atoms with Crippen molar-refractivity contribution < 1.29 is 9.53 Å². The Labute approximate surface area is 164 Å². The highest BCUT2D eigenvalue weighted by molar-refractivity contribution is 5.83. The number of nitrogens with one attached hydrogen (secondary N) is 1. The molecule has 1 aliphatic carbocycles. The summed E-state index contributed by atoms with van der Waals surface area (Å²) in [5.74, 6) is 0.621. The fourth-order valence-corrected chi connectivity index (χ4v) is 2.68. The van der Waals surface area contributed by atoms with Crippen molar-refractivity contribution in [2.24, 2.45) is 0 Å². The molecule has 1 amide bonds. The van der Waals surface area contributed by atoms with Gasteiger partial charge in [0, 0.05) is 6.07 Å². The van der Waals surface area contributed by atoms with Gasteiger partial charge in [0.05, 0.1) is 11.7 Å². The molecule has 0 atom stereocenters. The van der Waals surface area contributed by atoms with Crippen LogP contribution in [0.15, 0.2) is 42.6 Å². The van der Waals surface area contributed by atoms with Gasteiger partial charge in [0.25, 0.3) is 0 Å². The van der Waals surface area contributed by atoms with Crippen LogP contribution in [0.5, 0.6) is 0 Å². The Kier molecular flexibility index (Phi) is 10.2. The number of benzene rings is 1. The first-order chi connectivity index (χ1) is 13.0. The molecule has 1 aliphatic rings. The first kappa shape index (κ1) is 22.7. The number of anilines is 1. The predicted molar refractivity (Wildman–Crippen MR) is 112 cm³/mol. The molecule has 5 heteroatoms. The van der Waals surface area contributed by atoms with Crippen molar-refractivity contribution >= 4 is 11.9 Å². The van der Waals surface area contributed by atoms with E-state index >= 15 is 0 Å². The smallest absolute Gasteiger partial charge is 0.413 e. The summed E-state index contributed by atoms with van der Waals surface area (Å²) in [6.07, 6.45) is 8.66. The highest BCUT2D eigenvalue weighted by atomic mass is 16.5. The van der Waals surface area contributed by atoms with Gasteiger partial charge in [-0.25, -0.2) is 9.48 Å². The normalized spacial score (nSPS) is 12.9. The molecule has 2 aromatic rings. The van der Waals surface area contributed by atoms with Gasteiger partial charge >= 0.3 is 6.09 Å². The monoisotopic (exact) mass is 373 g/mol. The van der Waals surface area contributed by atoms with Gasteiger partial charge in [-0.1, -0.05) is 76.3 Å². The average molecular weight is 374 g/mol. The highest BCUT2D eigenvalue weighted by Gasteiger charge is 2.18. The molecule has 0 unspecified atom stereocenters. The minimum atomic E-state index is -0.486. The van der Waals surface area contributed by atoms with E-state index in [0.717, 1.165) is 5.56 Å². The molecule has 5 nitrogen and oxygen atoms in total. The molecule has 0 bridgehead atoms. The van der Waals surface area contributed by atoms with E-state index in [2.05, 4.69) is 10.4 Å². The summed E-state index contributed by atoms with van der Waals surface area (Å²) in [4.78, 5) is 11.8. The number of carbonyl (C=O) groups excluding carboxylic acids is 1. The zero-order chi connectivity index (χ0) is 20.1. The molecule has 1 aromatic heterocycles. The first-order valence-corrected chi connectivity index (χ1v) is 9.99. The lowest BCUT2D eigenvalue weighted by atomic mass is 10.1. The molecule has 1 fully saturated rings. The molecule has 150 valence electrons. The SMILES string of the molecule is C1CCCC1.CC.CC(C)(C)n1nccc1NC(=O)OCc1ccccc1. The van der Waals surface area contributed by atoms with Crippen molar-refractivity contribution in [2.75, 3.05) is 5.32 Å². The van der Waals surface area contributed by atoms with Gasteiger partial charge in [0.15, 0.2) is 0 Å². The lowest BCUT2D eigenvalue weighted by Crippen LogP contribution is -2.26. The Morgan fingerprint density at radius 2 is 1.59 bits per heavy atom. The largest absolute Gasteiger partial charge is 0.444 e. The van der Waals surface area contributed by atoms with Crippen molar-refractivity contribution in [2.45, 2.75) is 78.9 Å². The summed E-state index contributed by atoms with van der Waals surface area (Å²) < 4.78 is 6.92. The lowest BCUT2D eigenvalue weighted by Gasteiger charge is -2.22. The van der Waals surface area contributed by atoms with Gasteiger partial charge < -0.3 is 4.74 Å². The van der Waals surface area contributed by atoms with Crippen LogP contribution in [0.1, 0.15) is 72.3 Å². The van der Waals surface area contributed by atoms with Gasteiger partial charge in [-0.05, 0) is 26.3 Å². The topological polar surface area (TPSA) is 56.2 Å². The summed E-state index contributed by atoms with van der Waals surface area (Å²) in [6, 6.07) is 11.3. The van der Waals surface area contributed by atoms with Gasteiger partial charge in [0.2, 0.25) is 0 Å². The number of nitrogens with zero attached hydrogens (tertiary/aromatic N) is 2. The second-order valence-corrected chi connectivity index (χ2v) is 7.25. The van der Waals surface area contributed by atoms with Crippen molar-refractivity contribution in [3.05, 3.63) is 48.2 Å². The molecule has 1 aromatic carbocycles. The van der Waals surface area contributed by atoms with Crippen LogP contribution in [0.3, 0.4) is 0 Å². The van der Waals surface area contributed by atoms with Gasteiger partial charge in [0.1, 0.15) is 12.4 Å². The summed E-state index contributed by atoms with van der Waals surface area (Å²) in [6.45, 7) is 10.3. The Hall–Kier alpha value is -2.30. The molecular weight excluding hydrogens is 338 g/mol. The van der Waals surface area contributed by atoms with Crippen LogP contribution in [-0.2, 0) is 16.9 Å². The molecule has 1 heterocycles. The third-order valence-corrected chi connectivity index (χ3v) is 3.97. The third-order valence-electron chi connectivity index (χ3n) is 3.97. The number of hydrogen-bond donors (Lipinski definition) is 1. The van der Waals surface area contributed by atoms with E-state index < -0.39 is 6.09 Å². The maximum Gasteiger partial charge on any atom is 0.413 e. The predicted octanol–water partition coefficient (Wildman–Crippen LogP) is 6.36. The van der Waals surface area contributed by atoms with Crippen LogP contribution in [0.2, 0.25) is 0 Å². The minimum absolute atomic E-state index is 0.203. The maximum absolute atomic E-state index is 11.8. The summed E-state index contributed by atoms with van der Waals surface area (Å²) in [5.41, 5.74) is 0.748. The van der Waals surface area contributed by atoms with E-state index in [1.807, 2.05) is 65.0 Å². The number of carbonyl (C=O) groups is 1. The van der Waals surface area contributed by atoms with Crippen molar-refractivity contribution in [1.82, 2.24) is 9.78 Å².